The molecule has 0 aliphatic rings. The number of carboxylic acids is 1. The quantitative estimate of drug-likeness (QED) is 0.796. The molecule has 3 N–H and O–H groups in total. The van der Waals surface area contributed by atoms with Crippen LogP contribution in [0, 0.1) is 6.92 Å². The van der Waals surface area contributed by atoms with Gasteiger partial charge in [-0.1, -0.05) is 25.1 Å². The molecule has 0 aliphatic heterocycles. The lowest BCUT2D eigenvalue weighted by Gasteiger charge is -2.12. The van der Waals surface area contributed by atoms with Gasteiger partial charge in [-0.2, -0.15) is 0 Å². The van der Waals surface area contributed by atoms with Crippen LogP contribution in [0.2, 0.25) is 0 Å². The van der Waals surface area contributed by atoms with E-state index in [0.29, 0.717) is 5.69 Å². The van der Waals surface area contributed by atoms with Crippen LogP contribution in [0.3, 0.4) is 0 Å². The van der Waals surface area contributed by atoms with E-state index in [-0.39, 0.29) is 11.4 Å². The highest BCUT2D eigenvalue weighted by atomic mass is 16.4. The van der Waals surface area contributed by atoms with Crippen molar-refractivity contribution in [2.45, 2.75) is 20.3 Å². The summed E-state index contributed by atoms with van der Waals surface area (Å²) in [7, 11) is 0. The Kier molecular flexibility index (Phi) is 3.84. The standard InChI is InChI=1S/C14H15N3O3/c1-3-9-6-4-5-8(2)10(9)17-13(18)11-12(14(19)20)16-7-15-11/h4-7H,3H2,1-2H3,(H,15,16)(H,17,18)(H,19,20). The van der Waals surface area contributed by atoms with Crippen LogP contribution in [-0.2, 0) is 6.42 Å². The Hall–Kier alpha value is -2.63. The van der Waals surface area contributed by atoms with Crippen molar-refractivity contribution in [1.29, 1.82) is 0 Å². The number of para-hydroxylation sites is 1. The van der Waals surface area contributed by atoms with Crippen molar-refractivity contribution in [3.8, 4) is 0 Å². The minimum absolute atomic E-state index is 0.122. The van der Waals surface area contributed by atoms with Crippen LogP contribution in [0.15, 0.2) is 24.5 Å². The summed E-state index contributed by atoms with van der Waals surface area (Å²) in [6.45, 7) is 3.87. The van der Waals surface area contributed by atoms with Gasteiger partial charge < -0.3 is 15.4 Å². The van der Waals surface area contributed by atoms with Crippen LogP contribution in [0.1, 0.15) is 39.0 Å². The van der Waals surface area contributed by atoms with Gasteiger partial charge >= 0.3 is 5.97 Å². The molecule has 6 heteroatoms. The Balaban J connectivity index is 2.33. The van der Waals surface area contributed by atoms with Gasteiger partial charge in [-0.3, -0.25) is 4.79 Å². The molecule has 2 rings (SSSR count). The summed E-state index contributed by atoms with van der Waals surface area (Å²) in [4.78, 5) is 29.4. The van der Waals surface area contributed by atoms with Gasteiger partial charge in [0.25, 0.3) is 5.91 Å². The van der Waals surface area contributed by atoms with Crippen molar-refractivity contribution in [3.63, 3.8) is 0 Å². The molecule has 0 saturated carbocycles. The highest BCUT2D eigenvalue weighted by Gasteiger charge is 2.20. The molecule has 1 aromatic heterocycles. The van der Waals surface area contributed by atoms with E-state index in [9.17, 15) is 9.59 Å². The number of nitrogens with zero attached hydrogens (tertiary/aromatic N) is 1. The summed E-state index contributed by atoms with van der Waals surface area (Å²) in [6.07, 6.45) is 1.96. The van der Waals surface area contributed by atoms with Crippen LogP contribution in [0.25, 0.3) is 0 Å². The van der Waals surface area contributed by atoms with Gasteiger partial charge in [-0.15, -0.1) is 0 Å². The second-order valence-electron chi connectivity index (χ2n) is 4.35. The number of hydrogen-bond donors (Lipinski definition) is 3. The number of amides is 1. The van der Waals surface area contributed by atoms with Gasteiger partial charge in [-0.25, -0.2) is 9.78 Å². The summed E-state index contributed by atoms with van der Waals surface area (Å²) >= 11 is 0. The highest BCUT2D eigenvalue weighted by molar-refractivity contribution is 6.09. The van der Waals surface area contributed by atoms with E-state index in [2.05, 4.69) is 15.3 Å². The number of aryl methyl sites for hydroxylation is 2. The van der Waals surface area contributed by atoms with Gasteiger partial charge in [0.1, 0.15) is 0 Å². The molecule has 0 fully saturated rings. The number of carboxylic acid groups (broad SMARTS) is 1. The fourth-order valence-corrected chi connectivity index (χ4v) is 2.00. The summed E-state index contributed by atoms with van der Waals surface area (Å²) < 4.78 is 0. The van der Waals surface area contributed by atoms with E-state index in [0.717, 1.165) is 17.5 Å². The molecule has 2 aromatic rings. The molecule has 1 aromatic carbocycles. The number of carbonyl (C=O) groups is 2. The first kappa shape index (κ1) is 13.8. The lowest BCUT2D eigenvalue weighted by molar-refractivity contribution is 0.0686. The fourth-order valence-electron chi connectivity index (χ4n) is 2.00. The SMILES string of the molecule is CCc1cccc(C)c1NC(=O)c1nc[nH]c1C(=O)O. The number of rotatable bonds is 4. The number of anilines is 1. The van der Waals surface area contributed by atoms with Crippen molar-refractivity contribution in [3.05, 3.63) is 47.0 Å². The molecular formula is C14H15N3O3. The van der Waals surface area contributed by atoms with E-state index in [4.69, 9.17) is 5.11 Å². The summed E-state index contributed by atoms with van der Waals surface area (Å²) in [5.41, 5.74) is 2.28. The van der Waals surface area contributed by atoms with Gasteiger partial charge in [0.2, 0.25) is 0 Å². The number of H-pyrrole nitrogens is 1. The third-order valence-corrected chi connectivity index (χ3v) is 3.05. The topological polar surface area (TPSA) is 95.1 Å². The Bertz CT molecular complexity index is 661. The van der Waals surface area contributed by atoms with E-state index in [1.165, 1.54) is 6.33 Å². The average Bonchev–Trinajstić information content (AvgIpc) is 2.90. The Morgan fingerprint density at radius 2 is 2.15 bits per heavy atom. The Morgan fingerprint density at radius 3 is 2.80 bits per heavy atom. The monoisotopic (exact) mass is 273 g/mol. The molecule has 0 radical (unpaired) electrons. The zero-order valence-electron chi connectivity index (χ0n) is 11.2. The summed E-state index contributed by atoms with van der Waals surface area (Å²) in [5.74, 6) is -1.75. The van der Waals surface area contributed by atoms with Crippen molar-refractivity contribution in [2.75, 3.05) is 5.32 Å². The number of aromatic nitrogens is 2. The average molecular weight is 273 g/mol. The minimum Gasteiger partial charge on any atom is -0.477 e. The largest absolute Gasteiger partial charge is 0.477 e. The maximum absolute atomic E-state index is 12.2. The van der Waals surface area contributed by atoms with E-state index < -0.39 is 11.9 Å². The van der Waals surface area contributed by atoms with Crippen LogP contribution in [0.4, 0.5) is 5.69 Å². The molecule has 0 bridgehead atoms. The van der Waals surface area contributed by atoms with E-state index in [1.807, 2.05) is 32.0 Å². The zero-order valence-corrected chi connectivity index (χ0v) is 11.2. The third-order valence-electron chi connectivity index (χ3n) is 3.05. The predicted octanol–water partition coefficient (Wildman–Crippen LogP) is 2.23. The number of carbonyl (C=O) groups excluding carboxylic acids is 1. The molecule has 0 saturated heterocycles. The number of benzene rings is 1. The van der Waals surface area contributed by atoms with Gasteiger partial charge in [0, 0.05) is 5.69 Å². The number of imidazole rings is 1. The highest BCUT2D eigenvalue weighted by Crippen LogP contribution is 2.22. The molecule has 0 atom stereocenters. The molecule has 1 amide bonds. The molecule has 0 aliphatic carbocycles. The molecule has 20 heavy (non-hydrogen) atoms. The second-order valence-corrected chi connectivity index (χ2v) is 4.35. The van der Waals surface area contributed by atoms with E-state index >= 15 is 0 Å². The number of hydrogen-bond acceptors (Lipinski definition) is 3. The third kappa shape index (κ3) is 2.54. The Morgan fingerprint density at radius 1 is 1.40 bits per heavy atom. The maximum atomic E-state index is 12.2. The first-order valence-electron chi connectivity index (χ1n) is 6.21. The first-order valence-corrected chi connectivity index (χ1v) is 6.21. The second kappa shape index (κ2) is 5.56. The zero-order chi connectivity index (χ0) is 14.7. The summed E-state index contributed by atoms with van der Waals surface area (Å²) in [5, 5.41) is 11.7. The number of aromatic carboxylic acids is 1. The van der Waals surface area contributed by atoms with Crippen LogP contribution >= 0.6 is 0 Å². The van der Waals surface area contributed by atoms with Crippen molar-refractivity contribution in [2.24, 2.45) is 0 Å². The fraction of sp³-hybridized carbons (Fsp3) is 0.214. The normalized spacial score (nSPS) is 10.3. The van der Waals surface area contributed by atoms with Crippen molar-refractivity contribution >= 4 is 17.6 Å². The molecule has 6 nitrogen and oxygen atoms in total. The maximum Gasteiger partial charge on any atom is 0.354 e. The minimum atomic E-state index is -1.21. The number of nitrogens with one attached hydrogen (secondary N) is 2. The van der Waals surface area contributed by atoms with Gasteiger partial charge in [-0.05, 0) is 24.5 Å². The van der Waals surface area contributed by atoms with Crippen LogP contribution in [-0.4, -0.2) is 27.0 Å². The smallest absolute Gasteiger partial charge is 0.354 e. The molecule has 104 valence electrons. The first-order chi connectivity index (χ1) is 9.54. The lowest BCUT2D eigenvalue weighted by atomic mass is 10.1. The van der Waals surface area contributed by atoms with Gasteiger partial charge in [0.05, 0.1) is 6.33 Å². The molecule has 1 heterocycles. The van der Waals surface area contributed by atoms with Crippen molar-refractivity contribution < 1.29 is 14.7 Å². The van der Waals surface area contributed by atoms with Crippen molar-refractivity contribution in [1.82, 2.24) is 9.97 Å². The molecule has 0 unspecified atom stereocenters. The van der Waals surface area contributed by atoms with Crippen LogP contribution in [0.5, 0.6) is 0 Å². The molecular weight excluding hydrogens is 258 g/mol. The Labute approximate surface area is 115 Å². The molecule has 0 spiro atoms. The van der Waals surface area contributed by atoms with E-state index in [1.54, 1.807) is 0 Å². The summed E-state index contributed by atoms with van der Waals surface area (Å²) in [6, 6.07) is 5.73. The lowest BCUT2D eigenvalue weighted by Crippen LogP contribution is -2.18. The predicted molar refractivity (Wildman–Crippen MR) is 74.1 cm³/mol. The van der Waals surface area contributed by atoms with Crippen LogP contribution < -0.4 is 5.32 Å². The number of aromatic amines is 1. The van der Waals surface area contributed by atoms with Gasteiger partial charge in [0.15, 0.2) is 11.4 Å².